The number of hydrogen-bond donors (Lipinski definition) is 1. The van der Waals surface area contributed by atoms with Crippen molar-refractivity contribution in [3.05, 3.63) is 63.9 Å². The Bertz CT molecular complexity index is 583. The summed E-state index contributed by atoms with van der Waals surface area (Å²) in [6.07, 6.45) is 0. The zero-order valence-electron chi connectivity index (χ0n) is 8.78. The third-order valence-electron chi connectivity index (χ3n) is 2.38. The number of carbonyl (C=O) groups excluding carboxylic acids is 1. The van der Waals surface area contributed by atoms with Gasteiger partial charge in [-0.3, -0.25) is 4.79 Å². The summed E-state index contributed by atoms with van der Waals surface area (Å²) in [5, 5.41) is 0. The zero-order valence-corrected chi connectivity index (χ0v) is 10.4. The van der Waals surface area contributed by atoms with Crippen molar-refractivity contribution in [1.82, 2.24) is 0 Å². The maximum atomic E-state index is 13.5. The minimum atomic E-state index is -0.542. The topological polar surface area (TPSA) is 43.1 Å². The number of rotatable bonds is 2. The van der Waals surface area contributed by atoms with Gasteiger partial charge in [-0.05, 0) is 30.3 Å². The Morgan fingerprint density at radius 1 is 1.12 bits per heavy atom. The molecule has 0 amide bonds. The van der Waals surface area contributed by atoms with Crippen LogP contribution in [-0.4, -0.2) is 5.78 Å². The van der Waals surface area contributed by atoms with Crippen molar-refractivity contribution < 1.29 is 9.18 Å². The van der Waals surface area contributed by atoms with Crippen molar-refractivity contribution >= 4 is 27.4 Å². The van der Waals surface area contributed by atoms with Crippen LogP contribution in [0, 0.1) is 5.82 Å². The van der Waals surface area contributed by atoms with Gasteiger partial charge in [0.15, 0.2) is 5.78 Å². The van der Waals surface area contributed by atoms with E-state index in [2.05, 4.69) is 15.9 Å². The van der Waals surface area contributed by atoms with Gasteiger partial charge in [-0.15, -0.1) is 0 Å². The molecule has 0 aliphatic heterocycles. The van der Waals surface area contributed by atoms with Gasteiger partial charge in [0.25, 0.3) is 0 Å². The molecule has 2 N–H and O–H groups in total. The van der Waals surface area contributed by atoms with Gasteiger partial charge in [0.2, 0.25) is 0 Å². The van der Waals surface area contributed by atoms with Crippen molar-refractivity contribution in [1.29, 1.82) is 0 Å². The third-order valence-corrected chi connectivity index (χ3v) is 2.87. The molecule has 0 unspecified atom stereocenters. The first kappa shape index (κ1) is 11.8. The second-order valence-electron chi connectivity index (χ2n) is 3.54. The number of ketones is 1. The molecule has 0 saturated carbocycles. The summed E-state index contributed by atoms with van der Waals surface area (Å²) in [5.41, 5.74) is 6.40. The smallest absolute Gasteiger partial charge is 0.198 e. The van der Waals surface area contributed by atoms with Crippen LogP contribution in [0.1, 0.15) is 15.9 Å². The molecule has 4 heteroatoms. The SMILES string of the molecule is Nc1cc(Br)ccc1C(=O)c1ccccc1F. The van der Waals surface area contributed by atoms with E-state index in [0.717, 1.165) is 4.47 Å². The molecular weight excluding hydrogens is 285 g/mol. The van der Waals surface area contributed by atoms with E-state index in [4.69, 9.17) is 5.73 Å². The molecule has 2 aromatic rings. The monoisotopic (exact) mass is 293 g/mol. The molecule has 0 aliphatic rings. The molecule has 2 rings (SSSR count). The molecule has 86 valence electrons. The number of nitrogens with two attached hydrogens (primary N) is 1. The predicted octanol–water partition coefficient (Wildman–Crippen LogP) is 3.40. The number of carbonyl (C=O) groups is 1. The maximum absolute atomic E-state index is 13.5. The highest BCUT2D eigenvalue weighted by Crippen LogP contribution is 2.22. The lowest BCUT2D eigenvalue weighted by atomic mass is 10.0. The maximum Gasteiger partial charge on any atom is 0.198 e. The predicted molar refractivity (Wildman–Crippen MR) is 68.4 cm³/mol. The van der Waals surface area contributed by atoms with E-state index >= 15 is 0 Å². The fourth-order valence-corrected chi connectivity index (χ4v) is 1.91. The van der Waals surface area contributed by atoms with Crippen molar-refractivity contribution in [3.63, 3.8) is 0 Å². The van der Waals surface area contributed by atoms with Gasteiger partial charge < -0.3 is 5.73 Å². The number of benzene rings is 2. The van der Waals surface area contributed by atoms with Crippen molar-refractivity contribution in [2.45, 2.75) is 0 Å². The molecule has 0 aromatic heterocycles. The lowest BCUT2D eigenvalue weighted by Crippen LogP contribution is -2.07. The van der Waals surface area contributed by atoms with Gasteiger partial charge in [0, 0.05) is 15.7 Å². The molecule has 0 bridgehead atoms. The number of halogens is 2. The van der Waals surface area contributed by atoms with Crippen LogP contribution in [0.3, 0.4) is 0 Å². The van der Waals surface area contributed by atoms with E-state index in [1.165, 1.54) is 18.2 Å². The molecular formula is C13H9BrFNO. The molecule has 0 aliphatic carbocycles. The molecule has 0 fully saturated rings. The Labute approximate surface area is 106 Å². The minimum Gasteiger partial charge on any atom is -0.398 e. The van der Waals surface area contributed by atoms with E-state index in [0.29, 0.717) is 11.3 Å². The standard InChI is InChI=1S/C13H9BrFNO/c14-8-5-6-10(12(16)7-8)13(17)9-3-1-2-4-11(9)15/h1-7H,16H2. The van der Waals surface area contributed by atoms with Gasteiger partial charge >= 0.3 is 0 Å². The molecule has 0 atom stereocenters. The molecule has 0 spiro atoms. The molecule has 17 heavy (non-hydrogen) atoms. The molecule has 0 radical (unpaired) electrons. The number of anilines is 1. The molecule has 2 aromatic carbocycles. The lowest BCUT2D eigenvalue weighted by molar-refractivity contribution is 0.103. The largest absolute Gasteiger partial charge is 0.398 e. The van der Waals surface area contributed by atoms with Gasteiger partial charge in [-0.25, -0.2) is 4.39 Å². The number of nitrogen functional groups attached to an aromatic ring is 1. The molecule has 0 heterocycles. The van der Waals surface area contributed by atoms with Crippen molar-refractivity contribution in [2.75, 3.05) is 5.73 Å². The lowest BCUT2D eigenvalue weighted by Gasteiger charge is -2.06. The summed E-state index contributed by atoms with van der Waals surface area (Å²) < 4.78 is 14.2. The fourth-order valence-electron chi connectivity index (χ4n) is 1.53. The number of hydrogen-bond acceptors (Lipinski definition) is 2. The van der Waals surface area contributed by atoms with Crippen LogP contribution in [0.25, 0.3) is 0 Å². The van der Waals surface area contributed by atoms with Crippen LogP contribution in [0.4, 0.5) is 10.1 Å². The van der Waals surface area contributed by atoms with Crippen LogP contribution < -0.4 is 5.73 Å². The quantitative estimate of drug-likeness (QED) is 0.681. The van der Waals surface area contributed by atoms with Crippen LogP contribution in [-0.2, 0) is 0 Å². The summed E-state index contributed by atoms with van der Waals surface area (Å²) in [7, 11) is 0. The van der Waals surface area contributed by atoms with Crippen LogP contribution in [0.2, 0.25) is 0 Å². The van der Waals surface area contributed by atoms with E-state index in [1.807, 2.05) is 0 Å². The Hall–Kier alpha value is -1.68. The Kier molecular flexibility index (Phi) is 3.24. The van der Waals surface area contributed by atoms with E-state index in [9.17, 15) is 9.18 Å². The van der Waals surface area contributed by atoms with Crippen molar-refractivity contribution in [2.24, 2.45) is 0 Å². The van der Waals surface area contributed by atoms with Gasteiger partial charge in [0.05, 0.1) is 5.56 Å². The zero-order chi connectivity index (χ0) is 12.4. The molecule has 0 saturated heterocycles. The van der Waals surface area contributed by atoms with E-state index in [-0.39, 0.29) is 5.56 Å². The Morgan fingerprint density at radius 3 is 2.47 bits per heavy atom. The first-order valence-corrected chi connectivity index (χ1v) is 5.73. The molecule has 2 nitrogen and oxygen atoms in total. The van der Waals surface area contributed by atoms with Crippen molar-refractivity contribution in [3.8, 4) is 0 Å². The van der Waals surface area contributed by atoms with Crippen LogP contribution in [0.15, 0.2) is 46.9 Å². The average molecular weight is 294 g/mol. The first-order valence-electron chi connectivity index (χ1n) is 4.94. The normalized spacial score (nSPS) is 10.2. The van der Waals surface area contributed by atoms with Crippen LogP contribution in [0.5, 0.6) is 0 Å². The van der Waals surface area contributed by atoms with Gasteiger partial charge in [0.1, 0.15) is 5.82 Å². The fraction of sp³-hybridized carbons (Fsp3) is 0. The summed E-state index contributed by atoms with van der Waals surface area (Å²) in [6.45, 7) is 0. The summed E-state index contributed by atoms with van der Waals surface area (Å²) in [4.78, 5) is 12.1. The highest BCUT2D eigenvalue weighted by Gasteiger charge is 2.15. The minimum absolute atomic E-state index is 0.0292. The van der Waals surface area contributed by atoms with Gasteiger partial charge in [-0.2, -0.15) is 0 Å². The van der Waals surface area contributed by atoms with E-state index < -0.39 is 11.6 Å². The van der Waals surface area contributed by atoms with Gasteiger partial charge in [-0.1, -0.05) is 28.1 Å². The highest BCUT2D eigenvalue weighted by atomic mass is 79.9. The second kappa shape index (κ2) is 4.67. The second-order valence-corrected chi connectivity index (χ2v) is 4.46. The van der Waals surface area contributed by atoms with Crippen LogP contribution >= 0.6 is 15.9 Å². The highest BCUT2D eigenvalue weighted by molar-refractivity contribution is 9.10. The summed E-state index contributed by atoms with van der Waals surface area (Å²) >= 11 is 3.25. The summed E-state index contributed by atoms with van der Waals surface area (Å²) in [6, 6.07) is 10.7. The van der Waals surface area contributed by atoms with E-state index in [1.54, 1.807) is 24.3 Å². The third kappa shape index (κ3) is 2.36. The Morgan fingerprint density at radius 2 is 1.82 bits per heavy atom. The first-order chi connectivity index (χ1) is 8.09. The average Bonchev–Trinajstić information content (AvgIpc) is 2.29. The Balaban J connectivity index is 2.48. The summed E-state index contributed by atoms with van der Waals surface area (Å²) in [5.74, 6) is -0.951.